The molecule has 0 aliphatic carbocycles. The van der Waals surface area contributed by atoms with Crippen LogP contribution in [0.15, 0.2) is 4.99 Å². The number of amides is 1. The summed E-state index contributed by atoms with van der Waals surface area (Å²) < 4.78 is 25.8. The summed E-state index contributed by atoms with van der Waals surface area (Å²) in [5.74, 6) is -0.832. The highest BCUT2D eigenvalue weighted by Gasteiger charge is 2.20. The lowest BCUT2D eigenvalue weighted by atomic mass is 10.2. The second-order valence-corrected chi connectivity index (χ2v) is 5.98. The van der Waals surface area contributed by atoms with Gasteiger partial charge in [0.2, 0.25) is 5.91 Å². The van der Waals surface area contributed by atoms with Crippen LogP contribution in [0.5, 0.6) is 0 Å². The van der Waals surface area contributed by atoms with Crippen LogP contribution in [-0.4, -0.2) is 89.6 Å². The van der Waals surface area contributed by atoms with Gasteiger partial charge in [-0.1, -0.05) is 0 Å². The van der Waals surface area contributed by atoms with Crippen molar-refractivity contribution in [3.63, 3.8) is 0 Å². The van der Waals surface area contributed by atoms with E-state index in [1.54, 1.807) is 21.0 Å². The summed E-state index contributed by atoms with van der Waals surface area (Å²) in [6.07, 6.45) is 0. The Kier molecular flexibility index (Phi) is 15.7. The quantitative estimate of drug-likeness (QED) is 0.234. The van der Waals surface area contributed by atoms with Crippen molar-refractivity contribution < 1.29 is 33.3 Å². The smallest absolute Gasteiger partial charge is 0.328 e. The van der Waals surface area contributed by atoms with Gasteiger partial charge in [-0.15, -0.1) is 0 Å². The Hall–Kier alpha value is -1.55. The summed E-state index contributed by atoms with van der Waals surface area (Å²) >= 11 is 0. The van der Waals surface area contributed by atoms with Crippen molar-refractivity contribution in [2.24, 2.45) is 4.99 Å². The van der Waals surface area contributed by atoms with Gasteiger partial charge in [0, 0.05) is 12.8 Å². The lowest BCUT2D eigenvalue weighted by Gasteiger charge is -2.15. The Morgan fingerprint density at radius 2 is 1.33 bits per heavy atom. The fourth-order valence-electron chi connectivity index (χ4n) is 1.85. The summed E-state index contributed by atoms with van der Waals surface area (Å²) in [4.78, 5) is 27.9. The lowest BCUT2D eigenvalue weighted by molar-refractivity contribution is -0.149. The number of hydrogen-bond acceptors (Lipinski definition) is 8. The van der Waals surface area contributed by atoms with E-state index in [9.17, 15) is 9.59 Å². The van der Waals surface area contributed by atoms with E-state index >= 15 is 0 Å². The van der Waals surface area contributed by atoms with E-state index < -0.39 is 18.1 Å². The van der Waals surface area contributed by atoms with Gasteiger partial charge in [0.1, 0.15) is 18.7 Å². The summed E-state index contributed by atoms with van der Waals surface area (Å²) in [6.45, 7) is 10.2. The molecule has 0 radical (unpaired) electrons. The molecule has 0 rings (SSSR count). The van der Waals surface area contributed by atoms with Crippen LogP contribution in [0, 0.1) is 0 Å². The summed E-state index contributed by atoms with van der Waals surface area (Å²) in [6, 6.07) is -1.28. The first-order valence-corrected chi connectivity index (χ1v) is 9.08. The predicted molar refractivity (Wildman–Crippen MR) is 101 cm³/mol. The van der Waals surface area contributed by atoms with E-state index in [2.05, 4.69) is 10.3 Å². The lowest BCUT2D eigenvalue weighted by Crippen LogP contribution is -2.43. The van der Waals surface area contributed by atoms with Crippen molar-refractivity contribution in [1.29, 1.82) is 0 Å². The van der Waals surface area contributed by atoms with Crippen molar-refractivity contribution in [1.82, 2.24) is 5.32 Å². The molecule has 1 amide bonds. The van der Waals surface area contributed by atoms with Crippen LogP contribution in [0.25, 0.3) is 0 Å². The maximum atomic E-state index is 11.9. The predicted octanol–water partition coefficient (Wildman–Crippen LogP) is 0.600. The summed E-state index contributed by atoms with van der Waals surface area (Å²) in [7, 11) is 1.62. The molecule has 0 aromatic heterocycles. The minimum Gasteiger partial charge on any atom is -0.462 e. The standard InChI is InChI=1S/C18H34N2O7/c1-14(2)19-15(3)17(21)20-16(4)18(22)27-13-12-26-11-10-25-9-8-24-7-6-23-5/h15-16H,6-13H2,1-5H3,(H,20,21)/t15-,16+/m1/s1. The number of esters is 1. The maximum absolute atomic E-state index is 11.9. The van der Waals surface area contributed by atoms with Gasteiger partial charge in [0.15, 0.2) is 0 Å². The van der Waals surface area contributed by atoms with Gasteiger partial charge in [0.25, 0.3) is 0 Å². The van der Waals surface area contributed by atoms with Gasteiger partial charge in [0.05, 0.1) is 46.2 Å². The second-order valence-electron chi connectivity index (χ2n) is 5.98. The third kappa shape index (κ3) is 15.2. The molecule has 9 heteroatoms. The molecule has 2 atom stereocenters. The Bertz CT molecular complexity index is 439. The average molecular weight is 390 g/mol. The van der Waals surface area contributed by atoms with Gasteiger partial charge < -0.3 is 29.0 Å². The van der Waals surface area contributed by atoms with Crippen LogP contribution in [0.3, 0.4) is 0 Å². The highest BCUT2D eigenvalue weighted by atomic mass is 16.6. The number of carbonyl (C=O) groups excluding carboxylic acids is 2. The molecule has 0 fully saturated rings. The number of methoxy groups -OCH3 is 1. The molecule has 0 aromatic carbocycles. The normalized spacial score (nSPS) is 12.9. The minimum atomic E-state index is -0.742. The zero-order chi connectivity index (χ0) is 20.5. The molecule has 27 heavy (non-hydrogen) atoms. The van der Waals surface area contributed by atoms with E-state index in [4.69, 9.17) is 23.7 Å². The Balaban J connectivity index is 3.62. The van der Waals surface area contributed by atoms with Crippen molar-refractivity contribution in [2.75, 3.05) is 60.0 Å². The highest BCUT2D eigenvalue weighted by Crippen LogP contribution is 1.95. The van der Waals surface area contributed by atoms with E-state index in [0.29, 0.717) is 39.6 Å². The molecular weight excluding hydrogens is 356 g/mol. The number of carbonyl (C=O) groups is 2. The largest absolute Gasteiger partial charge is 0.462 e. The second kappa shape index (κ2) is 16.6. The van der Waals surface area contributed by atoms with Crippen molar-refractivity contribution in [3.05, 3.63) is 0 Å². The van der Waals surface area contributed by atoms with Gasteiger partial charge in [-0.2, -0.15) is 0 Å². The topological polar surface area (TPSA) is 105 Å². The number of nitrogens with one attached hydrogen (secondary N) is 1. The van der Waals surface area contributed by atoms with E-state index in [1.165, 1.54) is 0 Å². The van der Waals surface area contributed by atoms with Crippen molar-refractivity contribution in [3.8, 4) is 0 Å². The molecule has 1 N–H and O–H groups in total. The molecule has 0 aromatic rings. The van der Waals surface area contributed by atoms with E-state index in [1.807, 2.05) is 13.8 Å². The molecule has 0 aliphatic rings. The Labute approximate surface area is 161 Å². The zero-order valence-electron chi connectivity index (χ0n) is 17.1. The maximum Gasteiger partial charge on any atom is 0.328 e. The Morgan fingerprint density at radius 3 is 1.81 bits per heavy atom. The number of hydrogen-bond donors (Lipinski definition) is 1. The first-order chi connectivity index (χ1) is 12.9. The van der Waals surface area contributed by atoms with Crippen molar-refractivity contribution >= 4 is 17.6 Å². The molecule has 0 saturated carbocycles. The third-order valence-electron chi connectivity index (χ3n) is 3.19. The van der Waals surface area contributed by atoms with Crippen LogP contribution < -0.4 is 5.32 Å². The molecule has 0 aliphatic heterocycles. The van der Waals surface area contributed by atoms with Gasteiger partial charge in [-0.05, 0) is 27.7 Å². The first-order valence-electron chi connectivity index (χ1n) is 9.08. The Morgan fingerprint density at radius 1 is 0.852 bits per heavy atom. The van der Waals surface area contributed by atoms with Gasteiger partial charge >= 0.3 is 5.97 Å². The molecule has 9 nitrogen and oxygen atoms in total. The minimum absolute atomic E-state index is 0.112. The molecule has 0 spiro atoms. The molecule has 0 unspecified atom stereocenters. The van der Waals surface area contributed by atoms with Crippen LogP contribution >= 0.6 is 0 Å². The average Bonchev–Trinajstić information content (AvgIpc) is 2.61. The number of ether oxygens (including phenoxy) is 5. The number of nitrogens with zero attached hydrogens (tertiary/aromatic N) is 1. The molecule has 158 valence electrons. The van der Waals surface area contributed by atoms with Gasteiger partial charge in [-0.25, -0.2) is 4.79 Å². The van der Waals surface area contributed by atoms with Gasteiger partial charge in [-0.3, -0.25) is 9.79 Å². The molecule has 0 saturated heterocycles. The highest BCUT2D eigenvalue weighted by molar-refractivity contribution is 5.89. The van der Waals surface area contributed by atoms with E-state index in [0.717, 1.165) is 5.71 Å². The van der Waals surface area contributed by atoms with Crippen molar-refractivity contribution in [2.45, 2.75) is 39.8 Å². The first kappa shape index (κ1) is 25.4. The van der Waals surface area contributed by atoms with Crippen LogP contribution in [-0.2, 0) is 33.3 Å². The molecular formula is C18H34N2O7. The summed E-state index contributed by atoms with van der Waals surface area (Å²) in [5.41, 5.74) is 0.799. The SMILES string of the molecule is COCCOCCOCCOCCOC(=O)[C@H](C)NC(=O)[C@@H](C)N=C(C)C. The number of rotatable bonds is 16. The van der Waals surface area contributed by atoms with Crippen LogP contribution in [0.1, 0.15) is 27.7 Å². The fraction of sp³-hybridized carbons (Fsp3) is 0.833. The fourth-order valence-corrected chi connectivity index (χ4v) is 1.85. The monoisotopic (exact) mass is 390 g/mol. The number of aliphatic imine (C=N–C) groups is 1. The summed E-state index contributed by atoms with van der Waals surface area (Å²) in [5, 5.41) is 2.58. The molecule has 0 heterocycles. The third-order valence-corrected chi connectivity index (χ3v) is 3.19. The van der Waals surface area contributed by atoms with E-state index in [-0.39, 0.29) is 19.1 Å². The molecule has 0 bridgehead atoms. The van der Waals surface area contributed by atoms with Crippen LogP contribution in [0.2, 0.25) is 0 Å². The van der Waals surface area contributed by atoms with Crippen LogP contribution in [0.4, 0.5) is 0 Å². The zero-order valence-corrected chi connectivity index (χ0v) is 17.1.